The van der Waals surface area contributed by atoms with Gasteiger partial charge in [0.05, 0.1) is 11.1 Å². The fourth-order valence-electron chi connectivity index (χ4n) is 2.78. The molecule has 108 valence electrons. The van der Waals surface area contributed by atoms with Gasteiger partial charge in [0.25, 0.3) is 0 Å². The average molecular weight is 293 g/mol. The molecule has 1 aliphatic carbocycles. The van der Waals surface area contributed by atoms with Crippen molar-refractivity contribution in [2.24, 2.45) is 0 Å². The summed E-state index contributed by atoms with van der Waals surface area (Å²) < 4.78 is 13.8. The normalized spacial score (nSPS) is 13.0. The molecule has 0 bridgehead atoms. The Balaban J connectivity index is 2.22. The highest BCUT2D eigenvalue weighted by Crippen LogP contribution is 2.34. The maximum Gasteiger partial charge on any atom is 0.335 e. The van der Waals surface area contributed by atoms with E-state index in [2.05, 4.69) is 0 Å². The van der Waals surface area contributed by atoms with E-state index in [1.54, 1.807) is 30.3 Å². The van der Waals surface area contributed by atoms with Crippen molar-refractivity contribution < 1.29 is 14.3 Å². The summed E-state index contributed by atoms with van der Waals surface area (Å²) in [4.78, 5) is 11.2. The van der Waals surface area contributed by atoms with Crippen LogP contribution in [0.15, 0.2) is 42.5 Å². The van der Waals surface area contributed by atoms with Gasteiger partial charge in [0.1, 0.15) is 11.9 Å². The second kappa shape index (κ2) is 5.45. The van der Waals surface area contributed by atoms with Crippen molar-refractivity contribution in [1.82, 2.24) is 0 Å². The van der Waals surface area contributed by atoms with Gasteiger partial charge < -0.3 is 5.11 Å². The zero-order valence-corrected chi connectivity index (χ0v) is 11.6. The van der Waals surface area contributed by atoms with Gasteiger partial charge in [-0.25, -0.2) is 9.18 Å². The fraction of sp³-hybridized carbons (Fsp3) is 0.111. The summed E-state index contributed by atoms with van der Waals surface area (Å²) in [5.74, 6) is -1.57. The second-order valence-electron chi connectivity index (χ2n) is 5.11. The molecular formula is C18H12FNO2. The highest BCUT2D eigenvalue weighted by atomic mass is 19.1. The van der Waals surface area contributed by atoms with Crippen LogP contribution in [-0.4, -0.2) is 11.1 Å². The van der Waals surface area contributed by atoms with E-state index in [1.807, 2.05) is 12.1 Å². The summed E-state index contributed by atoms with van der Waals surface area (Å²) in [5.41, 5.74) is 3.17. The molecule has 0 atom stereocenters. The van der Waals surface area contributed by atoms with Gasteiger partial charge in [0.15, 0.2) is 0 Å². The first-order chi connectivity index (χ1) is 10.6. The lowest BCUT2D eigenvalue weighted by molar-refractivity contribution is 0.0697. The van der Waals surface area contributed by atoms with Crippen LogP contribution in [0.2, 0.25) is 0 Å². The highest BCUT2D eigenvalue weighted by Gasteiger charge is 2.20. The van der Waals surface area contributed by atoms with E-state index in [-0.39, 0.29) is 11.1 Å². The zero-order valence-electron chi connectivity index (χ0n) is 11.6. The second-order valence-corrected chi connectivity index (χ2v) is 5.11. The number of allylic oxidation sites excluding steroid dienone is 1. The van der Waals surface area contributed by atoms with E-state index in [0.717, 1.165) is 29.5 Å². The molecular weight excluding hydrogens is 281 g/mol. The monoisotopic (exact) mass is 293 g/mol. The molecule has 1 aliphatic rings. The Bertz CT molecular complexity index is 847. The third-order valence-electron chi connectivity index (χ3n) is 3.82. The molecule has 1 N–H and O–H groups in total. The number of carboxylic acids is 1. The summed E-state index contributed by atoms with van der Waals surface area (Å²) >= 11 is 0. The summed E-state index contributed by atoms with van der Waals surface area (Å²) in [6.45, 7) is 0. The molecule has 2 aromatic carbocycles. The minimum Gasteiger partial charge on any atom is -0.478 e. The zero-order chi connectivity index (χ0) is 15.7. The number of rotatable bonds is 2. The maximum atomic E-state index is 13.8. The Kier molecular flexibility index (Phi) is 3.48. The van der Waals surface area contributed by atoms with Gasteiger partial charge in [-0.05, 0) is 47.7 Å². The molecule has 22 heavy (non-hydrogen) atoms. The van der Waals surface area contributed by atoms with Crippen LogP contribution in [0.1, 0.15) is 39.0 Å². The third kappa shape index (κ3) is 2.27. The average Bonchev–Trinajstić information content (AvgIpc) is 2.53. The van der Waals surface area contributed by atoms with Gasteiger partial charge in [-0.2, -0.15) is 5.26 Å². The molecule has 0 radical (unpaired) electrons. The van der Waals surface area contributed by atoms with Crippen LogP contribution < -0.4 is 0 Å². The van der Waals surface area contributed by atoms with Crippen molar-refractivity contribution in [3.8, 4) is 6.07 Å². The number of fused-ring (bicyclic) bond motifs is 1. The topological polar surface area (TPSA) is 61.1 Å². The van der Waals surface area contributed by atoms with Crippen molar-refractivity contribution in [2.45, 2.75) is 12.8 Å². The van der Waals surface area contributed by atoms with Gasteiger partial charge in [0.2, 0.25) is 0 Å². The number of halogens is 1. The van der Waals surface area contributed by atoms with Gasteiger partial charge >= 0.3 is 5.97 Å². The van der Waals surface area contributed by atoms with Crippen LogP contribution in [0.4, 0.5) is 4.39 Å². The molecule has 0 aromatic heterocycles. The molecule has 3 nitrogen and oxygen atoms in total. The Labute approximate surface area is 126 Å². The minimum absolute atomic E-state index is 0.0117. The standard InChI is InChI=1S/C18H12FNO2/c19-17-6-2-5-14(16(17)10-20)13-4-1-3-11-7-8-12(18(21)22)9-15(11)13/h2,4-9H,1,3H2,(H,21,22). The largest absolute Gasteiger partial charge is 0.478 e. The lowest BCUT2D eigenvalue weighted by Crippen LogP contribution is -2.06. The Morgan fingerprint density at radius 3 is 2.77 bits per heavy atom. The molecule has 3 rings (SSSR count). The smallest absolute Gasteiger partial charge is 0.335 e. The maximum absolute atomic E-state index is 13.8. The van der Waals surface area contributed by atoms with E-state index in [9.17, 15) is 14.4 Å². The van der Waals surface area contributed by atoms with Crippen molar-refractivity contribution in [3.05, 3.63) is 76.1 Å². The first kappa shape index (κ1) is 14.0. The SMILES string of the molecule is N#Cc1c(F)cccc1C1=CCCc2ccc(C(=O)O)cc21. The van der Waals surface area contributed by atoms with Crippen LogP contribution in [-0.2, 0) is 6.42 Å². The molecule has 0 fully saturated rings. The molecule has 0 saturated heterocycles. The van der Waals surface area contributed by atoms with Crippen LogP contribution in [0.5, 0.6) is 0 Å². The fourth-order valence-corrected chi connectivity index (χ4v) is 2.78. The van der Waals surface area contributed by atoms with E-state index < -0.39 is 11.8 Å². The van der Waals surface area contributed by atoms with Gasteiger partial charge in [-0.1, -0.05) is 24.3 Å². The number of carboxylic acid groups (broad SMARTS) is 1. The molecule has 0 aliphatic heterocycles. The number of nitrogens with zero attached hydrogens (tertiary/aromatic N) is 1. The van der Waals surface area contributed by atoms with Crippen molar-refractivity contribution in [1.29, 1.82) is 5.26 Å². The van der Waals surface area contributed by atoms with Crippen LogP contribution in [0.3, 0.4) is 0 Å². The number of aromatic carboxylic acids is 1. The lowest BCUT2D eigenvalue weighted by Gasteiger charge is -2.19. The number of nitriles is 1. The van der Waals surface area contributed by atoms with E-state index in [1.165, 1.54) is 6.07 Å². The van der Waals surface area contributed by atoms with Crippen molar-refractivity contribution in [3.63, 3.8) is 0 Å². The first-order valence-electron chi connectivity index (χ1n) is 6.87. The summed E-state index contributed by atoms with van der Waals surface area (Å²) in [5, 5.41) is 18.4. The number of aryl methyl sites for hydroxylation is 1. The molecule has 2 aromatic rings. The van der Waals surface area contributed by atoms with E-state index in [4.69, 9.17) is 5.11 Å². The van der Waals surface area contributed by atoms with Crippen LogP contribution >= 0.6 is 0 Å². The predicted octanol–water partition coefficient (Wildman–Crippen LogP) is 3.77. The van der Waals surface area contributed by atoms with Gasteiger partial charge in [0, 0.05) is 5.56 Å². The summed E-state index contributed by atoms with van der Waals surface area (Å²) in [6.07, 6.45) is 3.51. The number of hydrogen-bond donors (Lipinski definition) is 1. The Morgan fingerprint density at radius 1 is 1.23 bits per heavy atom. The quantitative estimate of drug-likeness (QED) is 0.916. The highest BCUT2D eigenvalue weighted by molar-refractivity contribution is 5.92. The van der Waals surface area contributed by atoms with Crippen LogP contribution in [0.25, 0.3) is 5.57 Å². The van der Waals surface area contributed by atoms with Gasteiger partial charge in [-0.15, -0.1) is 0 Å². The molecule has 0 heterocycles. The van der Waals surface area contributed by atoms with Crippen molar-refractivity contribution in [2.75, 3.05) is 0 Å². The number of hydrogen-bond acceptors (Lipinski definition) is 2. The summed E-state index contributed by atoms with van der Waals surface area (Å²) in [7, 11) is 0. The van der Waals surface area contributed by atoms with Gasteiger partial charge in [-0.3, -0.25) is 0 Å². The molecule has 4 heteroatoms. The third-order valence-corrected chi connectivity index (χ3v) is 3.82. The van der Waals surface area contributed by atoms with Crippen LogP contribution in [0, 0.1) is 17.1 Å². The Hall–Kier alpha value is -2.93. The van der Waals surface area contributed by atoms with E-state index >= 15 is 0 Å². The lowest BCUT2D eigenvalue weighted by atomic mass is 9.84. The number of benzene rings is 2. The molecule has 0 saturated carbocycles. The molecule has 0 unspecified atom stereocenters. The first-order valence-corrected chi connectivity index (χ1v) is 6.87. The Morgan fingerprint density at radius 2 is 2.05 bits per heavy atom. The number of carbonyl (C=O) groups is 1. The van der Waals surface area contributed by atoms with Crippen molar-refractivity contribution >= 4 is 11.5 Å². The summed E-state index contributed by atoms with van der Waals surface area (Å²) in [6, 6.07) is 11.3. The molecule has 0 amide bonds. The minimum atomic E-state index is -1.01. The molecule has 0 spiro atoms. The van der Waals surface area contributed by atoms with E-state index in [0.29, 0.717) is 5.56 Å². The predicted molar refractivity (Wildman–Crippen MR) is 79.9 cm³/mol.